The number of unbranched alkanes of at least 4 members (excludes halogenated alkanes) is 1. The number of rotatable bonds is 6. The zero-order valence-corrected chi connectivity index (χ0v) is 11.3. The summed E-state index contributed by atoms with van der Waals surface area (Å²) in [6.45, 7) is 4.69. The maximum Gasteiger partial charge on any atom is 0.317 e. The lowest BCUT2D eigenvalue weighted by Gasteiger charge is -2.17. The number of urea groups is 1. The summed E-state index contributed by atoms with van der Waals surface area (Å²) in [4.78, 5) is 13.6. The highest BCUT2D eigenvalue weighted by Gasteiger charge is 2.26. The van der Waals surface area contributed by atoms with Gasteiger partial charge in [-0.15, -0.1) is 0 Å². The van der Waals surface area contributed by atoms with Gasteiger partial charge in [-0.25, -0.2) is 4.79 Å². The van der Waals surface area contributed by atoms with Gasteiger partial charge in [0.2, 0.25) is 0 Å². The molecule has 1 saturated heterocycles. The molecule has 19 heavy (non-hydrogen) atoms. The van der Waals surface area contributed by atoms with Crippen LogP contribution in [0.25, 0.3) is 0 Å². The number of carbonyl (C=O) groups is 1. The van der Waals surface area contributed by atoms with Crippen LogP contribution in [-0.2, 0) is 11.3 Å². The van der Waals surface area contributed by atoms with E-state index in [9.17, 15) is 4.79 Å². The van der Waals surface area contributed by atoms with Crippen LogP contribution < -0.4 is 5.32 Å². The van der Waals surface area contributed by atoms with Gasteiger partial charge in [-0.1, -0.05) is 13.3 Å². The minimum absolute atomic E-state index is 0.0148. The van der Waals surface area contributed by atoms with Crippen molar-refractivity contribution in [3.8, 4) is 0 Å². The molecule has 0 spiro atoms. The second-order valence-corrected chi connectivity index (χ2v) is 4.71. The summed E-state index contributed by atoms with van der Waals surface area (Å²) in [6.07, 6.45) is 4.71. The molecular weight excluding hydrogens is 246 g/mol. The van der Waals surface area contributed by atoms with E-state index in [1.54, 1.807) is 6.20 Å². The lowest BCUT2D eigenvalue weighted by molar-refractivity contribution is 0.0468. The monoisotopic (exact) mass is 267 g/mol. The standard InChI is InChI=1S/C12H21N5O2/c1-2-3-5-13-12(18)17-6-4-11(8-17)19-9-10-7-14-16-15-10/h7,11H,2-6,8-9H2,1H3,(H,13,18)(H,14,15,16)/t11-/m0/s1. The Bertz CT molecular complexity index is 381. The van der Waals surface area contributed by atoms with Crippen LogP contribution in [0.5, 0.6) is 0 Å². The van der Waals surface area contributed by atoms with Crippen molar-refractivity contribution < 1.29 is 9.53 Å². The normalized spacial score (nSPS) is 18.8. The van der Waals surface area contributed by atoms with E-state index < -0.39 is 0 Å². The second kappa shape index (κ2) is 7.08. The topological polar surface area (TPSA) is 83.1 Å². The summed E-state index contributed by atoms with van der Waals surface area (Å²) >= 11 is 0. The lowest BCUT2D eigenvalue weighted by atomic mass is 10.3. The van der Waals surface area contributed by atoms with Crippen LogP contribution >= 0.6 is 0 Å². The number of hydrogen-bond donors (Lipinski definition) is 2. The summed E-state index contributed by atoms with van der Waals surface area (Å²) in [6, 6.07) is 0.0148. The first-order valence-electron chi connectivity index (χ1n) is 6.78. The summed E-state index contributed by atoms with van der Waals surface area (Å²) in [5.41, 5.74) is 0.783. The van der Waals surface area contributed by atoms with Crippen LogP contribution in [0.4, 0.5) is 4.79 Å². The number of amides is 2. The van der Waals surface area contributed by atoms with Gasteiger partial charge in [-0.3, -0.25) is 0 Å². The van der Waals surface area contributed by atoms with Gasteiger partial charge in [0.15, 0.2) is 0 Å². The predicted molar refractivity (Wildman–Crippen MR) is 69.5 cm³/mol. The molecular formula is C12H21N5O2. The van der Waals surface area contributed by atoms with E-state index in [1.807, 2.05) is 4.90 Å². The Hall–Kier alpha value is -1.63. The van der Waals surface area contributed by atoms with Gasteiger partial charge in [0, 0.05) is 19.6 Å². The summed E-state index contributed by atoms with van der Waals surface area (Å²) in [5, 5.41) is 13.1. The molecule has 0 aliphatic carbocycles. The summed E-state index contributed by atoms with van der Waals surface area (Å²) in [7, 11) is 0. The summed E-state index contributed by atoms with van der Waals surface area (Å²) in [5.74, 6) is 0. The van der Waals surface area contributed by atoms with Gasteiger partial charge in [0.05, 0.1) is 18.9 Å². The van der Waals surface area contributed by atoms with Crippen molar-refractivity contribution in [3.05, 3.63) is 11.9 Å². The number of aromatic amines is 1. The molecule has 1 aliphatic rings. The van der Waals surface area contributed by atoms with Gasteiger partial charge < -0.3 is 15.0 Å². The van der Waals surface area contributed by atoms with Gasteiger partial charge in [0.25, 0.3) is 0 Å². The molecule has 2 amide bonds. The zero-order valence-electron chi connectivity index (χ0n) is 11.3. The van der Waals surface area contributed by atoms with E-state index in [4.69, 9.17) is 4.74 Å². The van der Waals surface area contributed by atoms with Crippen LogP contribution in [-0.4, -0.2) is 52.1 Å². The quantitative estimate of drug-likeness (QED) is 0.750. The predicted octanol–water partition coefficient (Wildman–Crippen LogP) is 0.905. The van der Waals surface area contributed by atoms with E-state index in [-0.39, 0.29) is 12.1 Å². The molecule has 7 heteroatoms. The fourth-order valence-corrected chi connectivity index (χ4v) is 2.03. The lowest BCUT2D eigenvalue weighted by Crippen LogP contribution is -2.39. The molecule has 106 valence electrons. The molecule has 2 rings (SSSR count). The Morgan fingerprint density at radius 2 is 2.58 bits per heavy atom. The van der Waals surface area contributed by atoms with Gasteiger partial charge >= 0.3 is 6.03 Å². The molecule has 1 aromatic rings. The fourth-order valence-electron chi connectivity index (χ4n) is 2.03. The number of hydrogen-bond acceptors (Lipinski definition) is 4. The van der Waals surface area contributed by atoms with Crippen molar-refractivity contribution in [2.75, 3.05) is 19.6 Å². The first-order chi connectivity index (χ1) is 9.29. The van der Waals surface area contributed by atoms with Crippen molar-refractivity contribution in [1.29, 1.82) is 0 Å². The van der Waals surface area contributed by atoms with Crippen LogP contribution in [0.2, 0.25) is 0 Å². The molecule has 0 aromatic carbocycles. The molecule has 1 atom stereocenters. The fraction of sp³-hybridized carbons (Fsp3) is 0.750. The van der Waals surface area contributed by atoms with Crippen molar-refractivity contribution in [3.63, 3.8) is 0 Å². The van der Waals surface area contributed by atoms with E-state index in [1.165, 1.54) is 0 Å². The number of likely N-dealkylation sites (tertiary alicyclic amines) is 1. The average molecular weight is 267 g/mol. The van der Waals surface area contributed by atoms with Crippen LogP contribution in [0.15, 0.2) is 6.20 Å². The zero-order chi connectivity index (χ0) is 13.5. The van der Waals surface area contributed by atoms with Crippen LogP contribution in [0, 0.1) is 0 Å². The number of ether oxygens (including phenoxy) is 1. The number of H-pyrrole nitrogens is 1. The number of aromatic nitrogens is 3. The smallest absolute Gasteiger partial charge is 0.317 e. The van der Waals surface area contributed by atoms with Crippen molar-refractivity contribution in [2.45, 2.75) is 38.9 Å². The number of nitrogens with zero attached hydrogens (tertiary/aromatic N) is 3. The van der Waals surface area contributed by atoms with E-state index >= 15 is 0 Å². The van der Waals surface area contributed by atoms with Crippen LogP contribution in [0.3, 0.4) is 0 Å². The van der Waals surface area contributed by atoms with Gasteiger partial charge in [-0.2, -0.15) is 15.4 Å². The molecule has 0 bridgehead atoms. The Labute approximate surface area is 112 Å². The Morgan fingerprint density at radius 3 is 3.32 bits per heavy atom. The van der Waals surface area contributed by atoms with Crippen molar-refractivity contribution >= 4 is 6.03 Å². The third kappa shape index (κ3) is 4.20. The van der Waals surface area contributed by atoms with E-state index in [0.29, 0.717) is 13.2 Å². The Morgan fingerprint density at radius 1 is 1.68 bits per heavy atom. The summed E-state index contributed by atoms with van der Waals surface area (Å²) < 4.78 is 5.71. The maximum absolute atomic E-state index is 11.8. The molecule has 0 radical (unpaired) electrons. The molecule has 1 aliphatic heterocycles. The highest BCUT2D eigenvalue weighted by molar-refractivity contribution is 5.74. The van der Waals surface area contributed by atoms with Gasteiger partial charge in [0.1, 0.15) is 5.69 Å². The van der Waals surface area contributed by atoms with Crippen molar-refractivity contribution in [1.82, 2.24) is 25.6 Å². The third-order valence-electron chi connectivity index (χ3n) is 3.17. The highest BCUT2D eigenvalue weighted by atomic mass is 16.5. The maximum atomic E-state index is 11.8. The molecule has 1 fully saturated rings. The molecule has 2 heterocycles. The van der Waals surface area contributed by atoms with E-state index in [2.05, 4.69) is 27.7 Å². The molecule has 0 unspecified atom stereocenters. The second-order valence-electron chi connectivity index (χ2n) is 4.71. The van der Waals surface area contributed by atoms with Gasteiger partial charge in [-0.05, 0) is 12.8 Å². The van der Waals surface area contributed by atoms with Crippen LogP contribution in [0.1, 0.15) is 31.9 Å². The molecule has 7 nitrogen and oxygen atoms in total. The Kier molecular flexibility index (Phi) is 5.14. The highest BCUT2D eigenvalue weighted by Crippen LogP contribution is 2.14. The number of nitrogens with one attached hydrogen (secondary N) is 2. The minimum atomic E-state index is 0.0148. The molecule has 1 aromatic heterocycles. The molecule has 2 N–H and O–H groups in total. The number of carbonyl (C=O) groups excluding carboxylic acids is 1. The first kappa shape index (κ1) is 13.8. The average Bonchev–Trinajstić information content (AvgIpc) is 3.08. The SMILES string of the molecule is CCCCNC(=O)N1CC[C@H](OCc2cn[nH]n2)C1. The Balaban J connectivity index is 1.66. The van der Waals surface area contributed by atoms with E-state index in [0.717, 1.165) is 38.0 Å². The minimum Gasteiger partial charge on any atom is -0.370 e. The largest absolute Gasteiger partial charge is 0.370 e. The van der Waals surface area contributed by atoms with Crippen molar-refractivity contribution in [2.24, 2.45) is 0 Å². The first-order valence-corrected chi connectivity index (χ1v) is 6.78. The third-order valence-corrected chi connectivity index (χ3v) is 3.17. The molecule has 0 saturated carbocycles.